The van der Waals surface area contributed by atoms with Crippen molar-refractivity contribution in [2.24, 2.45) is 17.3 Å². The highest BCUT2D eigenvalue weighted by atomic mass is 16.1. The van der Waals surface area contributed by atoms with Crippen LogP contribution in [0.2, 0.25) is 0 Å². The van der Waals surface area contributed by atoms with Crippen LogP contribution < -0.4 is 0 Å². The third-order valence-electron chi connectivity index (χ3n) is 4.33. The van der Waals surface area contributed by atoms with Gasteiger partial charge in [0.2, 0.25) is 0 Å². The van der Waals surface area contributed by atoms with Crippen molar-refractivity contribution in [3.8, 4) is 0 Å². The summed E-state index contributed by atoms with van der Waals surface area (Å²) in [6, 6.07) is 9.70. The molecule has 1 aliphatic carbocycles. The summed E-state index contributed by atoms with van der Waals surface area (Å²) >= 11 is 0. The molecule has 1 aromatic carbocycles. The summed E-state index contributed by atoms with van der Waals surface area (Å²) < 4.78 is 0. The highest BCUT2D eigenvalue weighted by molar-refractivity contribution is 5.98. The molecule has 0 heterocycles. The molecule has 0 amide bonds. The first-order valence-corrected chi connectivity index (χ1v) is 6.11. The monoisotopic (exact) mass is 216 g/mol. The molecule has 0 radical (unpaired) electrons. The van der Waals surface area contributed by atoms with Gasteiger partial charge >= 0.3 is 0 Å². The van der Waals surface area contributed by atoms with Gasteiger partial charge in [0.15, 0.2) is 5.78 Å². The Morgan fingerprint density at radius 3 is 2.38 bits per heavy atom. The highest BCUT2D eigenvalue weighted by Gasteiger charge is 2.42. The summed E-state index contributed by atoms with van der Waals surface area (Å²) in [6.07, 6.45) is 2.21. The lowest BCUT2D eigenvalue weighted by Crippen LogP contribution is -2.24. The Labute approximate surface area is 97.9 Å². The number of carbonyl (C=O) groups excluding carboxylic acids is 1. The molecule has 2 rings (SSSR count). The Hall–Kier alpha value is -1.11. The summed E-state index contributed by atoms with van der Waals surface area (Å²) in [5, 5.41) is 0. The molecule has 16 heavy (non-hydrogen) atoms. The average Bonchev–Trinajstić information content (AvgIpc) is 2.55. The van der Waals surface area contributed by atoms with Crippen molar-refractivity contribution in [1.29, 1.82) is 0 Å². The number of carbonyl (C=O) groups is 1. The minimum Gasteiger partial charge on any atom is -0.294 e. The molecule has 1 nitrogen and oxygen atoms in total. The third-order valence-corrected chi connectivity index (χ3v) is 4.33. The normalized spacial score (nSPS) is 27.9. The molecule has 86 valence electrons. The van der Waals surface area contributed by atoms with E-state index in [2.05, 4.69) is 20.8 Å². The number of rotatable bonds is 2. The van der Waals surface area contributed by atoms with E-state index in [0.29, 0.717) is 17.1 Å². The quantitative estimate of drug-likeness (QED) is 0.684. The first-order chi connectivity index (χ1) is 7.52. The summed E-state index contributed by atoms with van der Waals surface area (Å²) in [5.41, 5.74) is 1.19. The predicted molar refractivity (Wildman–Crippen MR) is 66.4 cm³/mol. The third kappa shape index (κ3) is 1.91. The lowest BCUT2D eigenvalue weighted by Gasteiger charge is -2.26. The van der Waals surface area contributed by atoms with E-state index in [4.69, 9.17) is 0 Å². The van der Waals surface area contributed by atoms with Gasteiger partial charge in [-0.05, 0) is 24.2 Å². The molecule has 1 aliphatic rings. The van der Waals surface area contributed by atoms with Gasteiger partial charge in [0, 0.05) is 11.5 Å². The van der Waals surface area contributed by atoms with Crippen LogP contribution in [-0.4, -0.2) is 5.78 Å². The first kappa shape index (κ1) is 11.4. The van der Waals surface area contributed by atoms with Gasteiger partial charge in [0.1, 0.15) is 0 Å². The zero-order chi connectivity index (χ0) is 11.8. The molecule has 0 aromatic heterocycles. The van der Waals surface area contributed by atoms with Crippen LogP contribution in [0.3, 0.4) is 0 Å². The van der Waals surface area contributed by atoms with Crippen molar-refractivity contribution in [1.82, 2.24) is 0 Å². The average molecular weight is 216 g/mol. The number of Topliss-reactive ketones (excluding diaryl/α,β-unsaturated/α-hetero) is 1. The molecule has 2 atom stereocenters. The van der Waals surface area contributed by atoms with Crippen LogP contribution in [0.25, 0.3) is 0 Å². The molecule has 1 heteroatoms. The van der Waals surface area contributed by atoms with E-state index in [-0.39, 0.29) is 5.92 Å². The molecule has 0 N–H and O–H groups in total. The van der Waals surface area contributed by atoms with Crippen molar-refractivity contribution < 1.29 is 4.79 Å². The summed E-state index contributed by atoms with van der Waals surface area (Å²) in [4.78, 5) is 12.3. The first-order valence-electron chi connectivity index (χ1n) is 6.11. The highest BCUT2D eigenvalue weighted by Crippen LogP contribution is 2.47. The Morgan fingerprint density at radius 2 is 1.88 bits per heavy atom. The van der Waals surface area contributed by atoms with Crippen molar-refractivity contribution >= 4 is 5.78 Å². The summed E-state index contributed by atoms with van der Waals surface area (Å²) in [7, 11) is 0. The lowest BCUT2D eigenvalue weighted by molar-refractivity contribution is 0.0868. The van der Waals surface area contributed by atoms with E-state index >= 15 is 0 Å². The fourth-order valence-corrected chi connectivity index (χ4v) is 2.72. The second-order valence-corrected chi connectivity index (χ2v) is 5.65. The molecule has 1 aromatic rings. The zero-order valence-electron chi connectivity index (χ0n) is 10.4. The van der Waals surface area contributed by atoms with E-state index in [1.807, 2.05) is 30.3 Å². The second-order valence-electron chi connectivity index (χ2n) is 5.65. The van der Waals surface area contributed by atoms with E-state index in [1.54, 1.807) is 0 Å². The van der Waals surface area contributed by atoms with E-state index in [0.717, 1.165) is 18.4 Å². The molecular formula is C15H20O. The van der Waals surface area contributed by atoms with Crippen molar-refractivity contribution in [2.45, 2.75) is 33.6 Å². The van der Waals surface area contributed by atoms with Crippen molar-refractivity contribution in [3.63, 3.8) is 0 Å². The summed E-state index contributed by atoms with van der Waals surface area (Å²) in [6.45, 7) is 6.77. The Bertz CT molecular complexity index is 378. The standard InChI is InChI=1S/C15H20O/c1-11-13(9-10-15(11,2)3)14(16)12-7-5-4-6-8-12/h4-8,11,13H,9-10H2,1-3H3. The smallest absolute Gasteiger partial charge is 0.166 e. The largest absolute Gasteiger partial charge is 0.294 e. The van der Waals surface area contributed by atoms with Gasteiger partial charge in [0.25, 0.3) is 0 Å². The predicted octanol–water partition coefficient (Wildman–Crippen LogP) is 3.94. The molecule has 0 aliphatic heterocycles. The Kier molecular flexibility index (Phi) is 2.88. The van der Waals surface area contributed by atoms with Crippen LogP contribution >= 0.6 is 0 Å². The number of benzene rings is 1. The minimum atomic E-state index is 0.220. The van der Waals surface area contributed by atoms with Crippen LogP contribution in [-0.2, 0) is 0 Å². The van der Waals surface area contributed by atoms with Gasteiger partial charge in [-0.25, -0.2) is 0 Å². The number of hydrogen-bond acceptors (Lipinski definition) is 1. The van der Waals surface area contributed by atoms with Gasteiger partial charge < -0.3 is 0 Å². The van der Waals surface area contributed by atoms with Gasteiger partial charge in [0.05, 0.1) is 0 Å². The van der Waals surface area contributed by atoms with Crippen molar-refractivity contribution in [3.05, 3.63) is 35.9 Å². The van der Waals surface area contributed by atoms with Gasteiger partial charge in [-0.2, -0.15) is 0 Å². The van der Waals surface area contributed by atoms with Gasteiger partial charge in [-0.3, -0.25) is 4.79 Å². The van der Waals surface area contributed by atoms with Crippen LogP contribution in [0.1, 0.15) is 44.0 Å². The van der Waals surface area contributed by atoms with Crippen LogP contribution in [0.15, 0.2) is 30.3 Å². The van der Waals surface area contributed by atoms with Crippen LogP contribution in [0, 0.1) is 17.3 Å². The molecule has 1 fully saturated rings. The lowest BCUT2D eigenvalue weighted by atomic mass is 9.78. The molecule has 0 bridgehead atoms. The Balaban J connectivity index is 2.19. The van der Waals surface area contributed by atoms with E-state index < -0.39 is 0 Å². The number of ketones is 1. The van der Waals surface area contributed by atoms with Crippen molar-refractivity contribution in [2.75, 3.05) is 0 Å². The molecule has 0 saturated heterocycles. The van der Waals surface area contributed by atoms with E-state index in [1.165, 1.54) is 0 Å². The molecular weight excluding hydrogens is 196 g/mol. The fourth-order valence-electron chi connectivity index (χ4n) is 2.72. The van der Waals surface area contributed by atoms with E-state index in [9.17, 15) is 4.79 Å². The van der Waals surface area contributed by atoms with Crippen LogP contribution in [0.5, 0.6) is 0 Å². The summed E-state index contributed by atoms with van der Waals surface area (Å²) in [5.74, 6) is 1.04. The molecule has 1 saturated carbocycles. The second kappa shape index (κ2) is 4.04. The fraction of sp³-hybridized carbons (Fsp3) is 0.533. The number of hydrogen-bond donors (Lipinski definition) is 0. The minimum absolute atomic E-state index is 0.220. The van der Waals surface area contributed by atoms with Gasteiger partial charge in [-0.1, -0.05) is 51.1 Å². The van der Waals surface area contributed by atoms with Crippen LogP contribution in [0.4, 0.5) is 0 Å². The maximum absolute atomic E-state index is 12.3. The maximum Gasteiger partial charge on any atom is 0.166 e. The Morgan fingerprint density at radius 1 is 1.25 bits per heavy atom. The topological polar surface area (TPSA) is 17.1 Å². The maximum atomic E-state index is 12.3. The zero-order valence-corrected chi connectivity index (χ0v) is 10.4. The molecule has 2 unspecified atom stereocenters. The van der Waals surface area contributed by atoms with Gasteiger partial charge in [-0.15, -0.1) is 0 Å². The molecule has 0 spiro atoms. The SMILES string of the molecule is CC1C(C(=O)c2ccccc2)CCC1(C)C.